The van der Waals surface area contributed by atoms with Gasteiger partial charge < -0.3 is 10.1 Å². The molecule has 3 heteroatoms. The molecule has 0 saturated heterocycles. The van der Waals surface area contributed by atoms with E-state index >= 15 is 0 Å². The Morgan fingerprint density at radius 2 is 2.00 bits per heavy atom. The van der Waals surface area contributed by atoms with Gasteiger partial charge in [-0.1, -0.05) is 13.8 Å². The maximum atomic E-state index is 12.2. The Kier molecular flexibility index (Phi) is 3.68. The standard InChI is InChI=1S/C18H25NO2/c1-18(2)14-7-4-13(16(18)10-14)11-19-17(20)12-5-8-15(21-3)9-6-12/h5-6,8-9,13-14,16H,4,7,10-11H2,1-3H3,(H,19,20)/t13-,14-,16-/m0/s1. The molecule has 1 amide bonds. The second kappa shape index (κ2) is 5.36. The number of nitrogens with one attached hydrogen (secondary N) is 1. The van der Waals surface area contributed by atoms with E-state index in [9.17, 15) is 4.79 Å². The van der Waals surface area contributed by atoms with Crippen molar-refractivity contribution < 1.29 is 9.53 Å². The number of hydrogen-bond donors (Lipinski definition) is 1. The normalized spacial score (nSPS) is 29.4. The molecule has 0 radical (unpaired) electrons. The maximum Gasteiger partial charge on any atom is 0.251 e. The molecule has 3 saturated carbocycles. The summed E-state index contributed by atoms with van der Waals surface area (Å²) in [5.41, 5.74) is 1.19. The first-order valence-electron chi connectivity index (χ1n) is 7.94. The van der Waals surface area contributed by atoms with Crippen molar-refractivity contribution >= 4 is 5.91 Å². The quantitative estimate of drug-likeness (QED) is 0.920. The highest BCUT2D eigenvalue weighted by molar-refractivity contribution is 5.94. The van der Waals surface area contributed by atoms with Crippen molar-refractivity contribution in [2.45, 2.75) is 33.1 Å². The van der Waals surface area contributed by atoms with Crippen LogP contribution in [0.5, 0.6) is 5.75 Å². The van der Waals surface area contributed by atoms with Gasteiger partial charge in [-0.25, -0.2) is 0 Å². The summed E-state index contributed by atoms with van der Waals surface area (Å²) in [7, 11) is 1.63. The molecule has 3 nitrogen and oxygen atoms in total. The zero-order valence-electron chi connectivity index (χ0n) is 13.2. The number of fused-ring (bicyclic) bond motifs is 2. The summed E-state index contributed by atoms with van der Waals surface area (Å²) in [6.07, 6.45) is 3.95. The van der Waals surface area contributed by atoms with E-state index in [-0.39, 0.29) is 5.91 Å². The molecule has 0 aromatic heterocycles. The van der Waals surface area contributed by atoms with Crippen molar-refractivity contribution in [1.29, 1.82) is 0 Å². The molecule has 3 fully saturated rings. The predicted molar refractivity (Wildman–Crippen MR) is 83.4 cm³/mol. The number of benzene rings is 1. The van der Waals surface area contributed by atoms with Gasteiger partial charge in [-0.3, -0.25) is 4.79 Å². The van der Waals surface area contributed by atoms with Crippen molar-refractivity contribution in [1.82, 2.24) is 5.32 Å². The molecule has 0 spiro atoms. The minimum absolute atomic E-state index is 0.0249. The van der Waals surface area contributed by atoms with Crippen LogP contribution in [-0.4, -0.2) is 19.6 Å². The third-order valence-electron chi connectivity index (χ3n) is 5.88. The molecule has 2 bridgehead atoms. The van der Waals surface area contributed by atoms with Gasteiger partial charge >= 0.3 is 0 Å². The van der Waals surface area contributed by atoms with E-state index in [1.807, 2.05) is 24.3 Å². The molecule has 0 unspecified atom stereocenters. The number of hydrogen-bond acceptors (Lipinski definition) is 2. The van der Waals surface area contributed by atoms with Gasteiger partial charge in [0.25, 0.3) is 5.91 Å². The fraction of sp³-hybridized carbons (Fsp3) is 0.611. The lowest BCUT2D eigenvalue weighted by Crippen LogP contribution is -2.54. The summed E-state index contributed by atoms with van der Waals surface area (Å²) in [5, 5.41) is 3.12. The van der Waals surface area contributed by atoms with E-state index in [0.29, 0.717) is 16.9 Å². The highest BCUT2D eigenvalue weighted by Crippen LogP contribution is 2.61. The summed E-state index contributed by atoms with van der Waals surface area (Å²) >= 11 is 0. The summed E-state index contributed by atoms with van der Waals surface area (Å²) in [6, 6.07) is 7.29. The second-order valence-corrected chi connectivity index (χ2v) is 7.14. The predicted octanol–water partition coefficient (Wildman–Crippen LogP) is 3.50. The molecule has 1 N–H and O–H groups in total. The van der Waals surface area contributed by atoms with Crippen LogP contribution in [-0.2, 0) is 0 Å². The van der Waals surface area contributed by atoms with Crippen LogP contribution in [0.25, 0.3) is 0 Å². The Hall–Kier alpha value is -1.51. The van der Waals surface area contributed by atoms with Crippen molar-refractivity contribution in [3.05, 3.63) is 29.8 Å². The summed E-state index contributed by atoms with van der Waals surface area (Å²) in [5.74, 6) is 3.15. The first-order chi connectivity index (χ1) is 10.0. The van der Waals surface area contributed by atoms with Gasteiger partial charge in [0.05, 0.1) is 7.11 Å². The lowest BCUT2D eigenvalue weighted by molar-refractivity contribution is -0.103. The molecule has 1 aromatic rings. The zero-order valence-corrected chi connectivity index (χ0v) is 13.2. The number of carbonyl (C=O) groups is 1. The van der Waals surface area contributed by atoms with Gasteiger partial charge in [0.2, 0.25) is 0 Å². The fourth-order valence-electron chi connectivity index (χ4n) is 4.28. The van der Waals surface area contributed by atoms with Crippen LogP contribution in [0.4, 0.5) is 0 Å². The first-order valence-corrected chi connectivity index (χ1v) is 7.94. The fourth-order valence-corrected chi connectivity index (χ4v) is 4.28. The van der Waals surface area contributed by atoms with Crippen molar-refractivity contribution in [3.63, 3.8) is 0 Å². The smallest absolute Gasteiger partial charge is 0.251 e. The van der Waals surface area contributed by atoms with Gasteiger partial charge in [-0.2, -0.15) is 0 Å². The number of ether oxygens (including phenoxy) is 1. The number of rotatable bonds is 4. The number of methoxy groups -OCH3 is 1. The van der Waals surface area contributed by atoms with Crippen LogP contribution in [0.2, 0.25) is 0 Å². The number of carbonyl (C=O) groups excluding carboxylic acids is 1. The van der Waals surface area contributed by atoms with Crippen LogP contribution in [0, 0.1) is 23.2 Å². The molecule has 0 aliphatic heterocycles. The number of amides is 1. The molecule has 3 atom stereocenters. The van der Waals surface area contributed by atoms with E-state index in [4.69, 9.17) is 4.74 Å². The van der Waals surface area contributed by atoms with E-state index in [1.165, 1.54) is 19.3 Å². The van der Waals surface area contributed by atoms with Crippen LogP contribution in [0.3, 0.4) is 0 Å². The molecule has 0 heterocycles. The lowest BCUT2D eigenvalue weighted by Gasteiger charge is -2.60. The van der Waals surface area contributed by atoms with E-state index in [1.54, 1.807) is 7.11 Å². The van der Waals surface area contributed by atoms with Gasteiger partial charge in [-0.05, 0) is 66.7 Å². The van der Waals surface area contributed by atoms with E-state index < -0.39 is 0 Å². The third kappa shape index (κ3) is 2.54. The minimum atomic E-state index is 0.0249. The third-order valence-corrected chi connectivity index (χ3v) is 5.88. The highest BCUT2D eigenvalue weighted by Gasteiger charge is 2.53. The largest absolute Gasteiger partial charge is 0.497 e. The second-order valence-electron chi connectivity index (χ2n) is 7.14. The SMILES string of the molecule is COc1ccc(C(=O)NC[C@@H]2CC[C@H]3C[C@@H]2C3(C)C)cc1. The Balaban J connectivity index is 1.56. The summed E-state index contributed by atoms with van der Waals surface area (Å²) < 4.78 is 5.11. The van der Waals surface area contributed by atoms with Gasteiger partial charge in [-0.15, -0.1) is 0 Å². The molecule has 4 rings (SSSR count). The van der Waals surface area contributed by atoms with Crippen LogP contribution in [0.1, 0.15) is 43.5 Å². The lowest BCUT2D eigenvalue weighted by atomic mass is 9.45. The Morgan fingerprint density at radius 3 is 2.57 bits per heavy atom. The van der Waals surface area contributed by atoms with E-state index in [2.05, 4.69) is 19.2 Å². The highest BCUT2D eigenvalue weighted by atomic mass is 16.5. The van der Waals surface area contributed by atoms with Gasteiger partial charge in [0, 0.05) is 12.1 Å². The minimum Gasteiger partial charge on any atom is -0.497 e. The molecular weight excluding hydrogens is 262 g/mol. The van der Waals surface area contributed by atoms with Crippen molar-refractivity contribution in [2.75, 3.05) is 13.7 Å². The first kappa shape index (κ1) is 14.4. The average molecular weight is 287 g/mol. The average Bonchev–Trinajstić information content (AvgIpc) is 2.52. The Morgan fingerprint density at radius 1 is 1.29 bits per heavy atom. The van der Waals surface area contributed by atoms with Gasteiger partial charge in [0.1, 0.15) is 5.75 Å². The van der Waals surface area contributed by atoms with Crippen LogP contribution in [0.15, 0.2) is 24.3 Å². The van der Waals surface area contributed by atoms with Crippen LogP contribution < -0.4 is 10.1 Å². The molecule has 3 aliphatic rings. The molecule has 114 valence electrons. The maximum absolute atomic E-state index is 12.2. The van der Waals surface area contributed by atoms with Crippen LogP contribution >= 0.6 is 0 Å². The summed E-state index contributed by atoms with van der Waals surface area (Å²) in [4.78, 5) is 12.2. The van der Waals surface area contributed by atoms with Crippen molar-refractivity contribution in [2.24, 2.45) is 23.2 Å². The molecule has 3 aliphatic carbocycles. The van der Waals surface area contributed by atoms with E-state index in [0.717, 1.165) is 24.1 Å². The molecular formula is C18H25NO2. The van der Waals surface area contributed by atoms with Gasteiger partial charge in [0.15, 0.2) is 0 Å². The molecule has 21 heavy (non-hydrogen) atoms. The zero-order chi connectivity index (χ0) is 15.0. The molecule has 1 aromatic carbocycles. The van der Waals surface area contributed by atoms with Crippen molar-refractivity contribution in [3.8, 4) is 5.75 Å². The summed E-state index contributed by atoms with van der Waals surface area (Å²) in [6.45, 7) is 5.60. The monoisotopic (exact) mass is 287 g/mol. The Labute approximate surface area is 127 Å². The topological polar surface area (TPSA) is 38.3 Å². The Bertz CT molecular complexity index is 519.